The molecule has 0 amide bonds. The molecular weight excluding hydrogens is 230 g/mol. The summed E-state index contributed by atoms with van der Waals surface area (Å²) in [6, 6.07) is 7.58. The van der Waals surface area contributed by atoms with Gasteiger partial charge >= 0.3 is 0 Å². The highest BCUT2D eigenvalue weighted by Crippen LogP contribution is 2.49. The lowest BCUT2D eigenvalue weighted by molar-refractivity contribution is 0.226. The van der Waals surface area contributed by atoms with Gasteiger partial charge in [0.25, 0.3) is 0 Å². The van der Waals surface area contributed by atoms with Gasteiger partial charge < -0.3 is 14.6 Å². The molecule has 1 aliphatic rings. The predicted octanol–water partition coefficient (Wildman–Crippen LogP) is 2.26. The smallest absolute Gasteiger partial charge is 0.161 e. The quantitative estimate of drug-likeness (QED) is 0.837. The first-order valence-electron chi connectivity index (χ1n) is 6.00. The van der Waals surface area contributed by atoms with E-state index in [-0.39, 0.29) is 12.0 Å². The summed E-state index contributed by atoms with van der Waals surface area (Å²) in [5, 5.41) is 17.8. The fraction of sp³-hybridized carbons (Fsp3) is 0.500. The van der Waals surface area contributed by atoms with Crippen molar-refractivity contribution in [1.82, 2.24) is 0 Å². The summed E-state index contributed by atoms with van der Waals surface area (Å²) in [4.78, 5) is 0. The molecule has 96 valence electrons. The third-order valence-corrected chi connectivity index (χ3v) is 3.36. The van der Waals surface area contributed by atoms with Gasteiger partial charge in [-0.25, -0.2) is 0 Å². The van der Waals surface area contributed by atoms with E-state index in [1.807, 2.05) is 6.07 Å². The molecule has 4 heteroatoms. The Morgan fingerprint density at radius 1 is 1.39 bits per heavy atom. The Bertz CT molecular complexity index is 461. The minimum absolute atomic E-state index is 0.0188. The molecule has 0 aliphatic heterocycles. The topological polar surface area (TPSA) is 62.5 Å². The zero-order chi connectivity index (χ0) is 13.0. The first kappa shape index (κ1) is 12.7. The number of rotatable bonds is 6. The molecule has 1 fully saturated rings. The second kappa shape index (κ2) is 5.28. The number of nitrogens with zero attached hydrogens (tertiary/aromatic N) is 1. The number of hydrogen-bond donors (Lipinski definition) is 1. The minimum Gasteiger partial charge on any atom is -0.493 e. The van der Waals surface area contributed by atoms with E-state index in [1.165, 1.54) is 0 Å². The van der Waals surface area contributed by atoms with E-state index in [1.54, 1.807) is 19.2 Å². The van der Waals surface area contributed by atoms with Crippen molar-refractivity contribution in [2.75, 3.05) is 13.7 Å². The fourth-order valence-corrected chi connectivity index (χ4v) is 1.88. The van der Waals surface area contributed by atoms with Gasteiger partial charge in [-0.05, 0) is 30.5 Å². The van der Waals surface area contributed by atoms with Crippen LogP contribution in [0.3, 0.4) is 0 Å². The zero-order valence-corrected chi connectivity index (χ0v) is 10.5. The van der Waals surface area contributed by atoms with Crippen LogP contribution in [0.1, 0.15) is 24.8 Å². The Kier molecular flexibility index (Phi) is 3.73. The van der Waals surface area contributed by atoms with E-state index in [4.69, 9.17) is 19.8 Å². The Balaban J connectivity index is 2.03. The van der Waals surface area contributed by atoms with Gasteiger partial charge in [0.1, 0.15) is 0 Å². The van der Waals surface area contributed by atoms with Gasteiger partial charge in [0.15, 0.2) is 11.5 Å². The average Bonchev–Trinajstić information content (AvgIpc) is 3.17. The molecular formula is C14H17NO3. The van der Waals surface area contributed by atoms with Crippen molar-refractivity contribution in [3.63, 3.8) is 0 Å². The lowest BCUT2D eigenvalue weighted by Gasteiger charge is -2.15. The molecule has 0 bridgehead atoms. The van der Waals surface area contributed by atoms with Crippen molar-refractivity contribution in [3.8, 4) is 17.6 Å². The van der Waals surface area contributed by atoms with E-state index in [0.29, 0.717) is 24.5 Å². The normalized spacial score (nSPS) is 15.8. The second-order valence-electron chi connectivity index (χ2n) is 4.77. The second-order valence-corrected chi connectivity index (χ2v) is 4.77. The molecule has 1 aliphatic carbocycles. The number of aliphatic hydroxyl groups is 1. The molecule has 18 heavy (non-hydrogen) atoms. The molecule has 1 saturated carbocycles. The average molecular weight is 247 g/mol. The minimum atomic E-state index is -0.0188. The lowest BCUT2D eigenvalue weighted by atomic mass is 10.1. The van der Waals surface area contributed by atoms with Gasteiger partial charge in [0.2, 0.25) is 0 Å². The number of hydrogen-bond acceptors (Lipinski definition) is 4. The van der Waals surface area contributed by atoms with E-state index < -0.39 is 0 Å². The summed E-state index contributed by atoms with van der Waals surface area (Å²) in [6.07, 6.45) is 2.65. The molecule has 2 rings (SSSR count). The number of benzene rings is 1. The van der Waals surface area contributed by atoms with Crippen LogP contribution in [0.15, 0.2) is 18.2 Å². The van der Waals surface area contributed by atoms with Gasteiger partial charge in [0, 0.05) is 11.8 Å². The molecule has 0 heterocycles. The maximum absolute atomic E-state index is 9.06. The molecule has 0 radical (unpaired) electrons. The van der Waals surface area contributed by atoms with Crippen LogP contribution in [0, 0.1) is 16.7 Å². The molecule has 0 atom stereocenters. The highest BCUT2D eigenvalue weighted by atomic mass is 16.5. The molecule has 1 N–H and O–H groups in total. The van der Waals surface area contributed by atoms with E-state index in [9.17, 15) is 0 Å². The molecule has 1 aromatic carbocycles. The van der Waals surface area contributed by atoms with E-state index in [0.717, 1.165) is 18.4 Å². The summed E-state index contributed by atoms with van der Waals surface area (Å²) < 4.78 is 11.0. The molecule has 0 unspecified atom stereocenters. The summed E-state index contributed by atoms with van der Waals surface area (Å²) in [6.45, 7) is 0.532. The van der Waals surface area contributed by atoms with Crippen molar-refractivity contribution >= 4 is 0 Å². The van der Waals surface area contributed by atoms with E-state index >= 15 is 0 Å². The van der Waals surface area contributed by atoms with Crippen LogP contribution in [0.2, 0.25) is 0 Å². The maximum atomic E-state index is 9.06. The van der Waals surface area contributed by atoms with Crippen LogP contribution in [-0.4, -0.2) is 18.8 Å². The Morgan fingerprint density at radius 2 is 2.17 bits per heavy atom. The van der Waals surface area contributed by atoms with Gasteiger partial charge in [0.05, 0.1) is 26.4 Å². The van der Waals surface area contributed by atoms with Crippen molar-refractivity contribution < 1.29 is 14.6 Å². The van der Waals surface area contributed by atoms with Gasteiger partial charge in [-0.3, -0.25) is 0 Å². The maximum Gasteiger partial charge on any atom is 0.161 e. The Hall–Kier alpha value is -1.73. The van der Waals surface area contributed by atoms with Crippen LogP contribution < -0.4 is 9.47 Å². The summed E-state index contributed by atoms with van der Waals surface area (Å²) in [7, 11) is 1.57. The van der Waals surface area contributed by atoms with E-state index in [2.05, 4.69) is 6.07 Å². The van der Waals surface area contributed by atoms with Crippen LogP contribution in [0.5, 0.6) is 11.5 Å². The zero-order valence-electron chi connectivity index (χ0n) is 10.5. The molecule has 0 spiro atoms. The molecule has 0 aromatic heterocycles. The van der Waals surface area contributed by atoms with Crippen molar-refractivity contribution in [3.05, 3.63) is 23.8 Å². The van der Waals surface area contributed by atoms with Crippen molar-refractivity contribution in [2.45, 2.75) is 25.9 Å². The molecule has 4 nitrogen and oxygen atoms in total. The van der Waals surface area contributed by atoms with Crippen LogP contribution in [0.25, 0.3) is 0 Å². The largest absolute Gasteiger partial charge is 0.493 e. The molecule has 0 saturated heterocycles. The highest BCUT2D eigenvalue weighted by molar-refractivity contribution is 5.42. The Labute approximate surface area is 107 Å². The standard InChI is InChI=1S/C14H17NO3/c1-17-13-8-11(9-16)2-3-12(13)18-10-14(4-5-14)6-7-15/h2-3,8,16H,4-6,9-10H2,1H3. The number of ether oxygens (including phenoxy) is 2. The van der Waals surface area contributed by atoms with Crippen molar-refractivity contribution in [2.24, 2.45) is 5.41 Å². The summed E-state index contributed by atoms with van der Waals surface area (Å²) in [5.41, 5.74) is 0.840. The third-order valence-electron chi connectivity index (χ3n) is 3.36. The first-order valence-corrected chi connectivity index (χ1v) is 6.00. The number of methoxy groups -OCH3 is 1. The highest BCUT2D eigenvalue weighted by Gasteiger charge is 2.43. The van der Waals surface area contributed by atoms with Crippen LogP contribution in [-0.2, 0) is 6.61 Å². The van der Waals surface area contributed by atoms with Gasteiger partial charge in [-0.15, -0.1) is 0 Å². The van der Waals surface area contributed by atoms with Crippen LogP contribution >= 0.6 is 0 Å². The number of nitriles is 1. The van der Waals surface area contributed by atoms with Gasteiger partial charge in [-0.1, -0.05) is 6.07 Å². The Morgan fingerprint density at radius 3 is 2.72 bits per heavy atom. The van der Waals surface area contributed by atoms with Gasteiger partial charge in [-0.2, -0.15) is 5.26 Å². The first-order chi connectivity index (χ1) is 8.73. The SMILES string of the molecule is COc1cc(CO)ccc1OCC1(CC#N)CC1. The third kappa shape index (κ3) is 2.74. The fourth-order valence-electron chi connectivity index (χ4n) is 1.88. The lowest BCUT2D eigenvalue weighted by Crippen LogP contribution is -2.12. The van der Waals surface area contributed by atoms with Crippen LogP contribution in [0.4, 0.5) is 0 Å². The molecule has 1 aromatic rings. The number of aliphatic hydroxyl groups excluding tert-OH is 1. The predicted molar refractivity (Wildman–Crippen MR) is 66.3 cm³/mol. The monoisotopic (exact) mass is 247 g/mol. The van der Waals surface area contributed by atoms with Crippen molar-refractivity contribution in [1.29, 1.82) is 5.26 Å². The summed E-state index contributed by atoms with van der Waals surface area (Å²) >= 11 is 0. The summed E-state index contributed by atoms with van der Waals surface area (Å²) in [5.74, 6) is 1.29.